The number of carbonyl (C=O) groups excluding carboxylic acids is 2. The molecule has 1 aliphatic heterocycles. The van der Waals surface area contributed by atoms with Gasteiger partial charge in [-0.2, -0.15) is 0 Å². The molecule has 0 spiro atoms. The summed E-state index contributed by atoms with van der Waals surface area (Å²) in [5.41, 5.74) is 1.63. The summed E-state index contributed by atoms with van der Waals surface area (Å²) >= 11 is 0. The minimum atomic E-state index is -1.26. The molecule has 1 heterocycles. The lowest BCUT2D eigenvalue weighted by molar-refractivity contribution is -0.222. The third-order valence-electron chi connectivity index (χ3n) is 4.11. The first-order chi connectivity index (χ1) is 12.7. The van der Waals surface area contributed by atoms with Crippen molar-refractivity contribution in [2.24, 2.45) is 0 Å². The fourth-order valence-electron chi connectivity index (χ4n) is 2.67. The third-order valence-corrected chi connectivity index (χ3v) is 4.11. The quantitative estimate of drug-likeness (QED) is 0.441. The van der Waals surface area contributed by atoms with Gasteiger partial charge < -0.3 is 14.2 Å². The van der Waals surface area contributed by atoms with Gasteiger partial charge in [0, 0.05) is 19.4 Å². The summed E-state index contributed by atoms with van der Waals surface area (Å²) in [4.78, 5) is 24.3. The number of rotatable bonds is 4. The second-order valence-corrected chi connectivity index (χ2v) is 7.10. The van der Waals surface area contributed by atoms with Gasteiger partial charge in [0.15, 0.2) is 0 Å². The Labute approximate surface area is 158 Å². The molecule has 2 aromatic carbocycles. The van der Waals surface area contributed by atoms with E-state index in [1.54, 1.807) is 18.2 Å². The smallest absolute Gasteiger partial charge is 0.348 e. The maximum atomic E-state index is 12.2. The van der Waals surface area contributed by atoms with E-state index in [0.717, 1.165) is 0 Å². The van der Waals surface area contributed by atoms with Gasteiger partial charge >= 0.3 is 11.9 Å². The predicted molar refractivity (Wildman–Crippen MR) is 101 cm³/mol. The van der Waals surface area contributed by atoms with Gasteiger partial charge in [0.05, 0.1) is 0 Å². The summed E-state index contributed by atoms with van der Waals surface area (Å²) in [6.07, 6.45) is 1.43. The molecule has 1 saturated heterocycles. The molecule has 0 unspecified atom stereocenters. The van der Waals surface area contributed by atoms with Crippen molar-refractivity contribution in [2.45, 2.75) is 39.4 Å². The van der Waals surface area contributed by atoms with Gasteiger partial charge in [-0.3, -0.25) is 0 Å². The van der Waals surface area contributed by atoms with Crippen LogP contribution in [0, 0.1) is 0 Å². The minimum Gasteiger partial charge on any atom is -0.457 e. The van der Waals surface area contributed by atoms with E-state index in [2.05, 4.69) is 13.8 Å². The largest absolute Gasteiger partial charge is 0.457 e. The van der Waals surface area contributed by atoms with Gasteiger partial charge in [-0.25, -0.2) is 9.59 Å². The summed E-state index contributed by atoms with van der Waals surface area (Å²) in [6, 6.07) is 15.0. The van der Waals surface area contributed by atoms with Crippen LogP contribution in [0.2, 0.25) is 0 Å². The molecule has 0 saturated carbocycles. The Morgan fingerprint density at radius 2 is 1.52 bits per heavy atom. The van der Waals surface area contributed by atoms with Crippen molar-refractivity contribution < 1.29 is 23.8 Å². The van der Waals surface area contributed by atoms with Crippen molar-refractivity contribution in [3.05, 3.63) is 65.2 Å². The molecule has 27 heavy (non-hydrogen) atoms. The van der Waals surface area contributed by atoms with E-state index in [9.17, 15) is 9.59 Å². The SMILES string of the molecule is CC(C)c1ccc(Oc2ccccc2C=C2C(=O)OC(C)(C)OC2=O)cc1. The van der Waals surface area contributed by atoms with Crippen LogP contribution in [0.25, 0.3) is 6.08 Å². The monoisotopic (exact) mass is 366 g/mol. The molecule has 0 N–H and O–H groups in total. The summed E-state index contributed by atoms with van der Waals surface area (Å²) in [7, 11) is 0. The standard InChI is InChI=1S/C22H22O5/c1-14(2)15-9-11-17(12-10-15)25-19-8-6-5-7-16(19)13-18-20(23)26-22(3,4)27-21(18)24/h5-14H,1-4H3. The zero-order valence-corrected chi connectivity index (χ0v) is 15.8. The Balaban J connectivity index is 1.88. The lowest BCUT2D eigenvalue weighted by Gasteiger charge is -2.29. The lowest BCUT2D eigenvalue weighted by Crippen LogP contribution is -2.41. The molecule has 2 aromatic rings. The van der Waals surface area contributed by atoms with Crippen molar-refractivity contribution in [1.29, 1.82) is 0 Å². The highest BCUT2D eigenvalue weighted by molar-refractivity contribution is 6.19. The van der Waals surface area contributed by atoms with Crippen LogP contribution in [-0.4, -0.2) is 17.7 Å². The maximum Gasteiger partial charge on any atom is 0.348 e. The summed E-state index contributed by atoms with van der Waals surface area (Å²) < 4.78 is 16.2. The molecule has 0 atom stereocenters. The molecular weight excluding hydrogens is 344 g/mol. The molecule has 0 amide bonds. The molecule has 0 aromatic heterocycles. The summed E-state index contributed by atoms with van der Waals surface area (Å²) in [5.74, 6) is -1.07. The van der Waals surface area contributed by atoms with E-state index in [-0.39, 0.29) is 5.57 Å². The fourth-order valence-corrected chi connectivity index (χ4v) is 2.67. The highest BCUT2D eigenvalue weighted by atomic mass is 16.7. The van der Waals surface area contributed by atoms with Crippen LogP contribution >= 0.6 is 0 Å². The number of carbonyl (C=O) groups is 2. The topological polar surface area (TPSA) is 61.8 Å². The van der Waals surface area contributed by atoms with Crippen LogP contribution in [0.1, 0.15) is 44.7 Å². The number of hydrogen-bond acceptors (Lipinski definition) is 5. The Bertz CT molecular complexity index is 869. The average Bonchev–Trinajstić information content (AvgIpc) is 2.59. The molecular formula is C22H22O5. The van der Waals surface area contributed by atoms with Gasteiger partial charge in [-0.1, -0.05) is 44.2 Å². The van der Waals surface area contributed by atoms with Crippen LogP contribution in [0.5, 0.6) is 11.5 Å². The third kappa shape index (κ3) is 4.37. The summed E-state index contributed by atoms with van der Waals surface area (Å²) in [6.45, 7) is 7.27. The second-order valence-electron chi connectivity index (χ2n) is 7.10. The van der Waals surface area contributed by atoms with Gasteiger partial charge in [0.2, 0.25) is 0 Å². The Morgan fingerprint density at radius 1 is 0.926 bits per heavy atom. The van der Waals surface area contributed by atoms with Crippen LogP contribution in [0.15, 0.2) is 54.1 Å². The van der Waals surface area contributed by atoms with Crippen LogP contribution in [0.4, 0.5) is 0 Å². The number of benzene rings is 2. The Hall–Kier alpha value is -3.08. The minimum absolute atomic E-state index is 0.166. The van der Waals surface area contributed by atoms with Gasteiger partial charge in [0.25, 0.3) is 5.79 Å². The molecule has 1 aliphatic rings. The highest BCUT2D eigenvalue weighted by Gasteiger charge is 2.38. The molecule has 140 valence electrons. The van der Waals surface area contributed by atoms with Crippen LogP contribution in [-0.2, 0) is 19.1 Å². The molecule has 0 aliphatic carbocycles. The number of ether oxygens (including phenoxy) is 3. The van der Waals surface area contributed by atoms with E-state index < -0.39 is 17.7 Å². The van der Waals surface area contributed by atoms with Crippen molar-refractivity contribution in [1.82, 2.24) is 0 Å². The van der Waals surface area contributed by atoms with Crippen molar-refractivity contribution in [2.75, 3.05) is 0 Å². The number of cyclic esters (lactones) is 2. The van der Waals surface area contributed by atoms with E-state index in [0.29, 0.717) is 23.0 Å². The summed E-state index contributed by atoms with van der Waals surface area (Å²) in [5, 5.41) is 0. The highest BCUT2D eigenvalue weighted by Crippen LogP contribution is 2.30. The van der Waals surface area contributed by atoms with E-state index in [1.807, 2.05) is 30.3 Å². The Kier molecular flexibility index (Phi) is 5.04. The van der Waals surface area contributed by atoms with E-state index in [4.69, 9.17) is 14.2 Å². The molecule has 1 fully saturated rings. The van der Waals surface area contributed by atoms with Crippen molar-refractivity contribution in [3.8, 4) is 11.5 Å². The first-order valence-corrected chi connectivity index (χ1v) is 8.80. The fraction of sp³-hybridized carbons (Fsp3) is 0.273. The number of esters is 2. The zero-order chi connectivity index (χ0) is 19.6. The molecule has 0 bridgehead atoms. The van der Waals surface area contributed by atoms with Crippen LogP contribution in [0.3, 0.4) is 0 Å². The number of hydrogen-bond donors (Lipinski definition) is 0. The average molecular weight is 366 g/mol. The van der Waals surface area contributed by atoms with Gasteiger partial charge in [0.1, 0.15) is 17.1 Å². The molecule has 5 nitrogen and oxygen atoms in total. The van der Waals surface area contributed by atoms with E-state index in [1.165, 1.54) is 25.5 Å². The van der Waals surface area contributed by atoms with Crippen molar-refractivity contribution in [3.63, 3.8) is 0 Å². The first-order valence-electron chi connectivity index (χ1n) is 8.80. The molecule has 3 rings (SSSR count). The van der Waals surface area contributed by atoms with Crippen molar-refractivity contribution >= 4 is 18.0 Å². The maximum absolute atomic E-state index is 12.2. The Morgan fingerprint density at radius 3 is 2.11 bits per heavy atom. The van der Waals surface area contributed by atoms with Gasteiger partial charge in [-0.05, 0) is 35.8 Å². The predicted octanol–water partition coefficient (Wildman–Crippen LogP) is 4.82. The first kappa shape index (κ1) is 18.7. The van der Waals surface area contributed by atoms with Crippen LogP contribution < -0.4 is 4.74 Å². The molecule has 0 radical (unpaired) electrons. The normalized spacial score (nSPS) is 16.0. The number of para-hydroxylation sites is 1. The van der Waals surface area contributed by atoms with Gasteiger partial charge in [-0.15, -0.1) is 0 Å². The zero-order valence-electron chi connectivity index (χ0n) is 15.8. The lowest BCUT2D eigenvalue weighted by atomic mass is 10.0. The molecule has 5 heteroatoms. The second kappa shape index (κ2) is 7.27. The van der Waals surface area contributed by atoms with E-state index >= 15 is 0 Å².